The molecule has 2 atom stereocenters. The first-order valence-corrected chi connectivity index (χ1v) is 5.76. The van der Waals surface area contributed by atoms with E-state index in [-0.39, 0.29) is 22.5 Å². The Bertz CT molecular complexity index is 385. The highest BCUT2D eigenvalue weighted by molar-refractivity contribution is 9.11. The molecule has 1 aliphatic rings. The van der Waals surface area contributed by atoms with Crippen LogP contribution in [0, 0.1) is 10.1 Å². The Kier molecular flexibility index (Phi) is 3.79. The van der Waals surface area contributed by atoms with Crippen LogP contribution in [0.1, 0.15) is 13.3 Å². The molecule has 0 amide bonds. The van der Waals surface area contributed by atoms with Crippen molar-refractivity contribution in [2.45, 2.75) is 24.4 Å². The largest absolute Gasteiger partial charge is 0.396 e. The topological polar surface area (TPSA) is 89.4 Å². The first-order chi connectivity index (χ1) is 7.28. The molecular formula is C9H12BrClN2O3. The summed E-state index contributed by atoms with van der Waals surface area (Å²) in [7, 11) is 0. The van der Waals surface area contributed by atoms with E-state index in [4.69, 9.17) is 22.4 Å². The molecule has 0 aromatic rings. The molecule has 0 bridgehead atoms. The molecule has 5 nitrogen and oxygen atoms in total. The molecule has 2 unspecified atom stereocenters. The Balaban J connectivity index is 3.22. The van der Waals surface area contributed by atoms with Crippen LogP contribution >= 0.6 is 27.5 Å². The van der Waals surface area contributed by atoms with Gasteiger partial charge in [-0.15, -0.1) is 0 Å². The molecule has 0 aromatic heterocycles. The normalized spacial score (nSPS) is 34.3. The quantitative estimate of drug-likeness (QED) is 0.470. The fourth-order valence-electron chi connectivity index (χ4n) is 1.40. The van der Waals surface area contributed by atoms with Gasteiger partial charge in [0.2, 0.25) is 0 Å². The zero-order valence-electron chi connectivity index (χ0n) is 8.61. The van der Waals surface area contributed by atoms with Crippen molar-refractivity contribution in [1.29, 1.82) is 0 Å². The highest BCUT2D eigenvalue weighted by Gasteiger charge is 2.46. The van der Waals surface area contributed by atoms with Crippen LogP contribution in [-0.4, -0.2) is 27.7 Å². The van der Waals surface area contributed by atoms with E-state index in [0.29, 0.717) is 0 Å². The molecule has 0 aliphatic heterocycles. The first-order valence-electron chi connectivity index (χ1n) is 4.59. The molecule has 0 spiro atoms. The van der Waals surface area contributed by atoms with Crippen LogP contribution in [0.5, 0.6) is 0 Å². The third-order valence-corrected chi connectivity index (χ3v) is 4.62. The van der Waals surface area contributed by atoms with Crippen molar-refractivity contribution in [3.05, 3.63) is 31.8 Å². The monoisotopic (exact) mass is 310 g/mol. The molecule has 0 radical (unpaired) electrons. The zero-order chi connectivity index (χ0) is 12.6. The molecular weight excluding hydrogens is 299 g/mol. The number of nitro groups is 1. The summed E-state index contributed by atoms with van der Waals surface area (Å²) in [4.78, 5) is 10.5. The molecule has 0 heterocycles. The lowest BCUT2D eigenvalue weighted by Crippen LogP contribution is -2.47. The van der Waals surface area contributed by atoms with Gasteiger partial charge in [0.05, 0.1) is 15.1 Å². The van der Waals surface area contributed by atoms with Gasteiger partial charge in [0.25, 0.3) is 5.54 Å². The number of hydrogen-bond donors (Lipinski definition) is 2. The summed E-state index contributed by atoms with van der Waals surface area (Å²) in [5, 5.41) is 20.0. The summed E-state index contributed by atoms with van der Waals surface area (Å²) >= 11 is 9.14. The molecule has 7 heteroatoms. The van der Waals surface area contributed by atoms with Gasteiger partial charge in [-0.2, -0.15) is 0 Å². The molecule has 0 aromatic carbocycles. The maximum Gasteiger partial charge on any atom is 0.270 e. The molecule has 90 valence electrons. The van der Waals surface area contributed by atoms with Gasteiger partial charge in [-0.3, -0.25) is 10.1 Å². The molecule has 3 N–H and O–H groups in total. The van der Waals surface area contributed by atoms with E-state index >= 15 is 0 Å². The number of nitrogens with zero attached hydrogens (tertiary/aromatic N) is 1. The van der Waals surface area contributed by atoms with Gasteiger partial charge in [0.15, 0.2) is 0 Å². The predicted octanol–water partition coefficient (Wildman–Crippen LogP) is 1.52. The Morgan fingerprint density at radius 1 is 1.69 bits per heavy atom. The van der Waals surface area contributed by atoms with Gasteiger partial charge in [-0.1, -0.05) is 17.7 Å². The van der Waals surface area contributed by atoms with E-state index in [0.717, 1.165) is 0 Å². The van der Waals surface area contributed by atoms with Crippen molar-refractivity contribution >= 4 is 27.5 Å². The SMILES string of the molecule is CC1([N+](=O)[O-])C=CC(N)(CCO)C(Cl)=C1Br. The van der Waals surface area contributed by atoms with Crippen molar-refractivity contribution < 1.29 is 10.0 Å². The van der Waals surface area contributed by atoms with Gasteiger partial charge in [0, 0.05) is 18.5 Å². The van der Waals surface area contributed by atoms with E-state index in [2.05, 4.69) is 15.9 Å². The average molecular weight is 312 g/mol. The number of rotatable bonds is 3. The second-order valence-electron chi connectivity index (χ2n) is 3.88. The number of aliphatic hydroxyl groups excluding tert-OH is 1. The summed E-state index contributed by atoms with van der Waals surface area (Å²) in [5.41, 5.74) is 3.51. The highest BCUT2D eigenvalue weighted by Crippen LogP contribution is 2.41. The van der Waals surface area contributed by atoms with Crippen LogP contribution < -0.4 is 5.73 Å². The van der Waals surface area contributed by atoms with E-state index < -0.39 is 16.0 Å². The lowest BCUT2D eigenvalue weighted by Gasteiger charge is -2.32. The molecule has 16 heavy (non-hydrogen) atoms. The third kappa shape index (κ3) is 2.02. The van der Waals surface area contributed by atoms with Crippen LogP contribution in [0.4, 0.5) is 0 Å². The summed E-state index contributed by atoms with van der Waals surface area (Å²) < 4.78 is 0.227. The fraction of sp³-hybridized carbons (Fsp3) is 0.556. The van der Waals surface area contributed by atoms with Crippen LogP contribution in [-0.2, 0) is 0 Å². The van der Waals surface area contributed by atoms with E-state index in [1.165, 1.54) is 19.1 Å². The van der Waals surface area contributed by atoms with Crippen molar-refractivity contribution in [1.82, 2.24) is 0 Å². The Labute approximate surface area is 106 Å². The van der Waals surface area contributed by atoms with Gasteiger partial charge in [-0.25, -0.2) is 0 Å². The predicted molar refractivity (Wildman–Crippen MR) is 65.0 cm³/mol. The number of nitrogens with two attached hydrogens (primary N) is 1. The minimum Gasteiger partial charge on any atom is -0.396 e. The zero-order valence-corrected chi connectivity index (χ0v) is 11.0. The van der Waals surface area contributed by atoms with Crippen molar-refractivity contribution in [3.8, 4) is 0 Å². The summed E-state index contributed by atoms with van der Waals surface area (Å²) in [6, 6.07) is 0. The summed E-state index contributed by atoms with van der Waals surface area (Å²) in [5.74, 6) is 0. The number of hydrogen-bond acceptors (Lipinski definition) is 4. The molecule has 1 rings (SSSR count). The minimum atomic E-state index is -1.39. The standard InChI is InChI=1S/C9H12BrClN2O3/c1-8(13(15)16)2-3-9(12,4-5-14)7(11)6(8)10/h2-3,14H,4-5,12H2,1H3. The van der Waals surface area contributed by atoms with Crippen molar-refractivity contribution in [2.75, 3.05) is 6.61 Å². The minimum absolute atomic E-state index is 0.146. The molecule has 1 aliphatic carbocycles. The number of halogens is 2. The smallest absolute Gasteiger partial charge is 0.270 e. The maximum atomic E-state index is 10.9. The lowest BCUT2D eigenvalue weighted by atomic mass is 9.85. The number of aliphatic hydroxyl groups is 1. The van der Waals surface area contributed by atoms with E-state index in [1.54, 1.807) is 0 Å². The lowest BCUT2D eigenvalue weighted by molar-refractivity contribution is -0.537. The summed E-state index contributed by atoms with van der Waals surface area (Å²) in [6.45, 7) is 1.28. The van der Waals surface area contributed by atoms with Crippen LogP contribution in [0.2, 0.25) is 0 Å². The van der Waals surface area contributed by atoms with Crippen LogP contribution in [0.3, 0.4) is 0 Å². The van der Waals surface area contributed by atoms with E-state index in [9.17, 15) is 10.1 Å². The first kappa shape index (κ1) is 13.6. The third-order valence-electron chi connectivity index (χ3n) is 2.66. The average Bonchev–Trinajstić information content (AvgIpc) is 2.22. The summed E-state index contributed by atoms with van der Waals surface area (Å²) in [6.07, 6.45) is 3.07. The highest BCUT2D eigenvalue weighted by atomic mass is 79.9. The van der Waals surface area contributed by atoms with Gasteiger partial charge in [0.1, 0.15) is 0 Å². The van der Waals surface area contributed by atoms with Gasteiger partial charge < -0.3 is 10.8 Å². The van der Waals surface area contributed by atoms with E-state index in [1.807, 2.05) is 0 Å². The molecule has 0 saturated carbocycles. The van der Waals surface area contributed by atoms with Crippen molar-refractivity contribution in [3.63, 3.8) is 0 Å². The Morgan fingerprint density at radius 2 is 2.25 bits per heavy atom. The van der Waals surface area contributed by atoms with Gasteiger partial charge in [-0.05, 0) is 28.4 Å². The molecule has 0 fully saturated rings. The second-order valence-corrected chi connectivity index (χ2v) is 5.05. The maximum absolute atomic E-state index is 10.9. The van der Waals surface area contributed by atoms with Crippen LogP contribution in [0.15, 0.2) is 21.7 Å². The van der Waals surface area contributed by atoms with Crippen LogP contribution in [0.25, 0.3) is 0 Å². The Morgan fingerprint density at radius 3 is 2.69 bits per heavy atom. The fourth-order valence-corrected chi connectivity index (χ4v) is 2.40. The second kappa shape index (κ2) is 4.44. The van der Waals surface area contributed by atoms with Gasteiger partial charge >= 0.3 is 0 Å². The Hall–Kier alpha value is -0.430. The molecule has 0 saturated heterocycles. The van der Waals surface area contributed by atoms with Crippen molar-refractivity contribution in [2.24, 2.45) is 5.73 Å².